The molecule has 3 heterocycles. The van der Waals surface area contributed by atoms with Crippen molar-refractivity contribution in [2.45, 2.75) is 32.4 Å². The normalized spacial score (nSPS) is 16.4. The number of amides is 1. The lowest BCUT2D eigenvalue weighted by atomic mass is 9.93. The fourth-order valence-corrected chi connectivity index (χ4v) is 5.49. The number of hydrogen-bond donors (Lipinski definition) is 1. The molecule has 0 fully saturated rings. The van der Waals surface area contributed by atoms with Gasteiger partial charge in [-0.1, -0.05) is 66.4 Å². The van der Waals surface area contributed by atoms with E-state index in [9.17, 15) is 9.59 Å². The molecule has 1 atom stereocenters. The number of aliphatic imine (C=N–C) groups is 1. The predicted octanol–water partition coefficient (Wildman–Crippen LogP) is 5.29. The Morgan fingerprint density at radius 3 is 2.59 bits per heavy atom. The van der Waals surface area contributed by atoms with Crippen LogP contribution in [-0.4, -0.2) is 33.5 Å². The molecule has 0 aliphatic carbocycles. The zero-order valence-corrected chi connectivity index (χ0v) is 22.2. The molecule has 1 aromatic heterocycles. The van der Waals surface area contributed by atoms with Gasteiger partial charge < -0.3 is 15.0 Å². The Bertz CT molecular complexity index is 1460. The van der Waals surface area contributed by atoms with Crippen LogP contribution in [0.4, 0.5) is 4.39 Å². The molecule has 5 rings (SSSR count). The summed E-state index contributed by atoms with van der Waals surface area (Å²) in [7, 11) is 0. The van der Waals surface area contributed by atoms with Gasteiger partial charge in [-0.3, -0.25) is 9.78 Å². The summed E-state index contributed by atoms with van der Waals surface area (Å²) in [6.07, 6.45) is 2.37. The van der Waals surface area contributed by atoms with Gasteiger partial charge >= 0.3 is 5.97 Å². The number of allylic oxidation sites excluding steroid dienone is 1. The summed E-state index contributed by atoms with van der Waals surface area (Å²) >= 11 is 1.34. The van der Waals surface area contributed by atoms with Gasteiger partial charge in [0.2, 0.25) is 5.91 Å². The van der Waals surface area contributed by atoms with Gasteiger partial charge in [0.25, 0.3) is 0 Å². The number of nitrogens with one attached hydrogen (secondary N) is 1. The van der Waals surface area contributed by atoms with E-state index in [0.29, 0.717) is 35.1 Å². The summed E-state index contributed by atoms with van der Waals surface area (Å²) in [6.45, 7) is 2.23. The zero-order valence-electron chi connectivity index (χ0n) is 21.3. The lowest BCUT2D eigenvalue weighted by Gasteiger charge is -2.36. The number of fused-ring (bicyclic) bond motifs is 1. The minimum absolute atomic E-state index is 0.0462. The molecule has 2 aliphatic heterocycles. The molecule has 1 N–H and O–H groups in total. The number of thioether (sulfide) groups is 1. The Hall–Kier alpha value is -4.24. The highest BCUT2D eigenvalue weighted by molar-refractivity contribution is 8.16. The average molecular weight is 543 g/mol. The summed E-state index contributed by atoms with van der Waals surface area (Å²) in [5.74, 6) is -1.23. The first kappa shape index (κ1) is 26.4. The van der Waals surface area contributed by atoms with Crippen molar-refractivity contribution in [3.05, 3.63) is 124 Å². The van der Waals surface area contributed by atoms with Crippen molar-refractivity contribution in [3.8, 4) is 0 Å². The molecule has 0 saturated heterocycles. The van der Waals surface area contributed by atoms with Crippen molar-refractivity contribution in [1.82, 2.24) is 15.2 Å². The van der Waals surface area contributed by atoms with Gasteiger partial charge in [-0.25, -0.2) is 14.2 Å². The van der Waals surface area contributed by atoms with E-state index in [2.05, 4.69) is 15.3 Å². The maximum Gasteiger partial charge on any atom is 0.338 e. The number of nitrogens with zero attached hydrogens (tertiary/aromatic N) is 3. The minimum Gasteiger partial charge on any atom is -0.457 e. The summed E-state index contributed by atoms with van der Waals surface area (Å²) in [6, 6.07) is 20.5. The van der Waals surface area contributed by atoms with Crippen molar-refractivity contribution in [3.63, 3.8) is 0 Å². The van der Waals surface area contributed by atoms with Gasteiger partial charge in [-0.2, -0.15) is 0 Å². The van der Waals surface area contributed by atoms with Crippen molar-refractivity contribution in [2.75, 3.05) is 6.54 Å². The van der Waals surface area contributed by atoms with Gasteiger partial charge in [-0.05, 0) is 36.1 Å². The highest BCUT2D eigenvalue weighted by atomic mass is 32.2. The quantitative estimate of drug-likeness (QED) is 0.370. The number of benzene rings is 2. The second-order valence-corrected chi connectivity index (χ2v) is 9.91. The smallest absolute Gasteiger partial charge is 0.338 e. The number of amidine groups is 1. The molecule has 198 valence electrons. The number of aromatic nitrogens is 1. The van der Waals surface area contributed by atoms with Crippen molar-refractivity contribution in [1.29, 1.82) is 0 Å². The number of halogens is 1. The first-order chi connectivity index (χ1) is 19.0. The lowest BCUT2D eigenvalue weighted by molar-refractivity contribution is -0.141. The number of pyridine rings is 1. The predicted molar refractivity (Wildman–Crippen MR) is 149 cm³/mol. The van der Waals surface area contributed by atoms with Gasteiger partial charge in [0.1, 0.15) is 12.4 Å². The Kier molecular flexibility index (Phi) is 8.17. The monoisotopic (exact) mass is 542 g/mol. The fraction of sp³-hybridized carbons (Fsp3) is 0.200. The van der Waals surface area contributed by atoms with Gasteiger partial charge in [0, 0.05) is 36.1 Å². The largest absolute Gasteiger partial charge is 0.457 e. The average Bonchev–Trinajstić information content (AvgIpc) is 3.34. The Morgan fingerprint density at radius 2 is 1.82 bits per heavy atom. The molecule has 3 aromatic rings. The molecule has 0 unspecified atom stereocenters. The summed E-state index contributed by atoms with van der Waals surface area (Å²) in [5.41, 5.74) is 3.35. The maximum absolute atomic E-state index is 15.2. The summed E-state index contributed by atoms with van der Waals surface area (Å²) in [5, 5.41) is 5.34. The zero-order chi connectivity index (χ0) is 27.2. The van der Waals surface area contributed by atoms with Crippen LogP contribution in [0.3, 0.4) is 0 Å². The second kappa shape index (κ2) is 12.1. The van der Waals surface area contributed by atoms with Gasteiger partial charge in [0.05, 0.1) is 23.7 Å². The SMILES string of the molecule is CC1=C(C(=O)OCc2ccccc2)[C@H](c2ccccc2F)N2C(CC(=O)NCCc3ccccn3)=CSC2=N1. The molecular formula is C30H27FN4O3S. The van der Waals surface area contributed by atoms with Crippen molar-refractivity contribution < 1.29 is 18.7 Å². The van der Waals surface area contributed by atoms with E-state index in [-0.39, 0.29) is 24.5 Å². The third-order valence-electron chi connectivity index (χ3n) is 6.40. The van der Waals surface area contributed by atoms with Crippen LogP contribution in [0.25, 0.3) is 0 Å². The molecule has 7 nitrogen and oxygen atoms in total. The standard InChI is InChI=1S/C30H27FN4O3S/c1-20-27(29(37)38-18-21-9-3-2-4-10-21)28(24-12-5-6-13-25(24)31)35-23(19-39-30(35)34-20)17-26(36)33-16-14-22-11-7-8-15-32-22/h2-13,15,19,28H,14,16-18H2,1H3,(H,33,36)/t28-/m0/s1. The van der Waals surface area contributed by atoms with E-state index in [0.717, 1.165) is 11.3 Å². The van der Waals surface area contributed by atoms with E-state index in [1.54, 1.807) is 36.2 Å². The van der Waals surface area contributed by atoms with E-state index in [1.807, 2.05) is 53.9 Å². The molecule has 0 spiro atoms. The molecule has 2 aliphatic rings. The topological polar surface area (TPSA) is 83.9 Å². The van der Waals surface area contributed by atoms with E-state index < -0.39 is 17.8 Å². The molecule has 0 bridgehead atoms. The van der Waals surface area contributed by atoms with Crippen LogP contribution in [0.15, 0.2) is 106 Å². The Morgan fingerprint density at radius 1 is 1.05 bits per heavy atom. The minimum atomic E-state index is -0.829. The molecule has 1 amide bonds. The summed E-state index contributed by atoms with van der Waals surface area (Å²) in [4.78, 5) is 37.0. The third kappa shape index (κ3) is 6.09. The molecule has 0 saturated carbocycles. The van der Waals surface area contributed by atoms with Crippen LogP contribution >= 0.6 is 11.8 Å². The number of carbonyl (C=O) groups excluding carboxylic acids is 2. The lowest BCUT2D eigenvalue weighted by Crippen LogP contribution is -2.38. The van der Waals surface area contributed by atoms with E-state index >= 15 is 4.39 Å². The number of esters is 1. The summed E-state index contributed by atoms with van der Waals surface area (Å²) < 4.78 is 20.9. The van der Waals surface area contributed by atoms with E-state index in [4.69, 9.17) is 4.74 Å². The van der Waals surface area contributed by atoms with Crippen LogP contribution in [0.5, 0.6) is 0 Å². The fourth-order valence-electron chi connectivity index (χ4n) is 4.53. The first-order valence-electron chi connectivity index (χ1n) is 12.6. The van der Waals surface area contributed by atoms with Gasteiger partial charge in [-0.15, -0.1) is 0 Å². The molecule has 9 heteroatoms. The molecule has 0 radical (unpaired) electrons. The van der Waals surface area contributed by atoms with E-state index in [1.165, 1.54) is 17.8 Å². The third-order valence-corrected chi connectivity index (χ3v) is 7.29. The van der Waals surface area contributed by atoms with Crippen LogP contribution in [0, 0.1) is 5.82 Å². The first-order valence-corrected chi connectivity index (χ1v) is 13.5. The maximum atomic E-state index is 15.2. The van der Waals surface area contributed by atoms with Crippen LogP contribution in [0.2, 0.25) is 0 Å². The van der Waals surface area contributed by atoms with Crippen molar-refractivity contribution >= 4 is 28.8 Å². The highest BCUT2D eigenvalue weighted by Crippen LogP contribution is 2.45. The van der Waals surface area contributed by atoms with Gasteiger partial charge in [0.15, 0.2) is 5.17 Å². The van der Waals surface area contributed by atoms with Crippen LogP contribution < -0.4 is 5.32 Å². The second-order valence-electron chi connectivity index (χ2n) is 9.07. The molecular weight excluding hydrogens is 515 g/mol. The number of hydrogen-bond acceptors (Lipinski definition) is 7. The molecule has 2 aromatic carbocycles. The number of carbonyl (C=O) groups is 2. The van der Waals surface area contributed by atoms with Crippen LogP contribution in [0.1, 0.15) is 36.2 Å². The highest BCUT2D eigenvalue weighted by Gasteiger charge is 2.42. The molecule has 39 heavy (non-hydrogen) atoms. The Labute approximate surface area is 230 Å². The van der Waals surface area contributed by atoms with Crippen LogP contribution in [-0.2, 0) is 27.4 Å². The van der Waals surface area contributed by atoms with Crippen molar-refractivity contribution in [2.24, 2.45) is 4.99 Å². The Balaban J connectivity index is 1.37. The number of rotatable bonds is 9. The number of ether oxygens (including phenoxy) is 1.